The molecule has 2 bridgehead atoms. The minimum Gasteiger partial charge on any atom is -0.394 e. The molecule has 0 radical (unpaired) electrons. The first-order valence-electron chi connectivity index (χ1n) is 12.0. The Hall–Kier alpha value is -1.70. The molecular formula is C25H31ClN4O2S. The van der Waals surface area contributed by atoms with Crippen LogP contribution >= 0.6 is 11.6 Å². The molecule has 176 valence electrons. The van der Waals surface area contributed by atoms with Gasteiger partial charge >= 0.3 is 0 Å². The van der Waals surface area contributed by atoms with Crippen LogP contribution in [0.2, 0.25) is 5.02 Å². The Morgan fingerprint density at radius 1 is 1.18 bits per heavy atom. The lowest BCUT2D eigenvalue weighted by atomic mass is 9.59. The molecule has 0 amide bonds. The number of benzene rings is 1. The van der Waals surface area contributed by atoms with Crippen molar-refractivity contribution < 1.29 is 9.32 Å². The van der Waals surface area contributed by atoms with Gasteiger partial charge in [0.2, 0.25) is 5.95 Å². The van der Waals surface area contributed by atoms with Crippen molar-refractivity contribution >= 4 is 34.2 Å². The summed E-state index contributed by atoms with van der Waals surface area (Å²) < 4.78 is 12.9. The number of aliphatic hydroxyl groups excluding tert-OH is 1. The number of anilines is 2. The lowest BCUT2D eigenvalue weighted by molar-refractivity contribution is 0.110. The number of hydrogen-bond donors (Lipinski definition) is 2. The number of hydrogen-bond acceptors (Lipinski definition) is 6. The van der Waals surface area contributed by atoms with Gasteiger partial charge in [-0.15, -0.1) is 0 Å². The number of piperidine rings is 2. The SMILES string of the molecule is CC1(C)Cc2nc(N3CC4CC(C3)C4c3ccc(Cl)cc3)nc(NC3(CO)CCC3)c2[S@]1=O. The fourth-order valence-corrected chi connectivity index (χ4v) is 7.78. The van der Waals surface area contributed by atoms with Gasteiger partial charge in [-0.3, -0.25) is 4.21 Å². The minimum atomic E-state index is -1.18. The lowest BCUT2D eigenvalue weighted by Crippen LogP contribution is -2.54. The molecule has 1 aromatic heterocycles. The van der Waals surface area contributed by atoms with E-state index >= 15 is 0 Å². The molecule has 2 saturated carbocycles. The number of aliphatic hydroxyl groups is 1. The zero-order valence-corrected chi connectivity index (χ0v) is 20.8. The van der Waals surface area contributed by atoms with Gasteiger partial charge in [-0.1, -0.05) is 23.7 Å². The number of rotatable bonds is 5. The van der Waals surface area contributed by atoms with Crippen molar-refractivity contribution in [3.63, 3.8) is 0 Å². The zero-order valence-electron chi connectivity index (χ0n) is 19.2. The number of aromatic nitrogens is 2. The molecular weight excluding hydrogens is 456 g/mol. The maximum atomic E-state index is 13.3. The average Bonchev–Trinajstić information content (AvgIpc) is 3.00. The second-order valence-corrected chi connectivity index (χ2v) is 13.5. The maximum absolute atomic E-state index is 13.3. The number of nitrogens with zero attached hydrogens (tertiary/aromatic N) is 3. The molecule has 2 aromatic rings. The van der Waals surface area contributed by atoms with Crippen LogP contribution in [-0.2, 0) is 17.2 Å². The monoisotopic (exact) mass is 486 g/mol. The summed E-state index contributed by atoms with van der Waals surface area (Å²) in [6.45, 7) is 5.99. The van der Waals surface area contributed by atoms with Gasteiger partial charge in [-0.25, -0.2) is 4.98 Å². The van der Waals surface area contributed by atoms with Crippen molar-refractivity contribution in [2.24, 2.45) is 11.8 Å². The van der Waals surface area contributed by atoms with E-state index < -0.39 is 10.8 Å². The Morgan fingerprint density at radius 2 is 1.88 bits per heavy atom. The van der Waals surface area contributed by atoms with E-state index in [2.05, 4.69) is 22.3 Å². The van der Waals surface area contributed by atoms with E-state index in [4.69, 9.17) is 21.6 Å². The Labute approximate surface area is 202 Å². The normalized spacial score (nSPS) is 30.8. The van der Waals surface area contributed by atoms with Gasteiger partial charge in [0.25, 0.3) is 0 Å². The maximum Gasteiger partial charge on any atom is 0.227 e. The van der Waals surface area contributed by atoms with Gasteiger partial charge in [-0.2, -0.15) is 4.98 Å². The zero-order chi connectivity index (χ0) is 23.0. The predicted octanol–water partition coefficient (Wildman–Crippen LogP) is 4.14. The van der Waals surface area contributed by atoms with E-state index in [9.17, 15) is 9.32 Å². The van der Waals surface area contributed by atoms with Crippen LogP contribution in [0.4, 0.5) is 11.8 Å². The van der Waals surface area contributed by atoms with Gasteiger partial charge in [0.15, 0.2) is 0 Å². The molecule has 2 saturated heterocycles. The topological polar surface area (TPSA) is 78.3 Å². The molecule has 4 heterocycles. The third-order valence-electron chi connectivity index (χ3n) is 8.27. The first kappa shape index (κ1) is 21.8. The van der Waals surface area contributed by atoms with Gasteiger partial charge in [0, 0.05) is 24.5 Å². The van der Waals surface area contributed by atoms with E-state index in [1.54, 1.807) is 0 Å². The highest BCUT2D eigenvalue weighted by Gasteiger charge is 2.49. The summed E-state index contributed by atoms with van der Waals surface area (Å²) in [5, 5.41) is 14.3. The standard InChI is InChI=1S/C25H31ClN4O2S/c1-24(2)11-19-21(33(24)32)22(29-25(14-31)8-3-9-25)28-23(27-19)30-12-16-10-17(13-30)20(16)15-4-6-18(26)7-5-15/h4-7,16-17,20,31H,3,8-14H2,1-2H3,(H,27,28,29)/t16?,17?,20?,33-/m1/s1. The van der Waals surface area contributed by atoms with Crippen molar-refractivity contribution in [2.45, 2.75) is 67.1 Å². The molecule has 2 unspecified atom stereocenters. The van der Waals surface area contributed by atoms with E-state index in [0.717, 1.165) is 53.9 Å². The van der Waals surface area contributed by atoms with Crippen LogP contribution in [0.3, 0.4) is 0 Å². The molecule has 8 heteroatoms. The van der Waals surface area contributed by atoms with Crippen LogP contribution in [0.25, 0.3) is 0 Å². The molecule has 5 aliphatic rings. The van der Waals surface area contributed by atoms with Crippen molar-refractivity contribution in [1.29, 1.82) is 0 Å². The fraction of sp³-hybridized carbons (Fsp3) is 0.600. The second-order valence-electron chi connectivity index (χ2n) is 11.0. The third-order valence-corrected chi connectivity index (χ3v) is 10.5. The molecule has 4 fully saturated rings. The van der Waals surface area contributed by atoms with Crippen LogP contribution in [0.5, 0.6) is 0 Å². The van der Waals surface area contributed by atoms with Crippen molar-refractivity contribution in [2.75, 3.05) is 29.9 Å². The molecule has 3 atom stereocenters. The summed E-state index contributed by atoms with van der Waals surface area (Å²) in [4.78, 5) is 13.0. The van der Waals surface area contributed by atoms with Gasteiger partial charge in [-0.05, 0) is 75.0 Å². The van der Waals surface area contributed by atoms with Crippen LogP contribution < -0.4 is 10.2 Å². The van der Waals surface area contributed by atoms with Crippen molar-refractivity contribution in [3.8, 4) is 0 Å². The van der Waals surface area contributed by atoms with Gasteiger partial charge in [0.1, 0.15) is 10.7 Å². The van der Waals surface area contributed by atoms with E-state index in [-0.39, 0.29) is 16.9 Å². The Bertz CT molecular complexity index is 1100. The van der Waals surface area contributed by atoms with E-state index in [0.29, 0.717) is 30.0 Å². The highest BCUT2D eigenvalue weighted by atomic mass is 35.5. The number of nitrogens with one attached hydrogen (secondary N) is 1. The van der Waals surface area contributed by atoms with Gasteiger partial charge < -0.3 is 15.3 Å². The molecule has 33 heavy (non-hydrogen) atoms. The van der Waals surface area contributed by atoms with Crippen LogP contribution in [0, 0.1) is 11.8 Å². The first-order chi connectivity index (χ1) is 15.8. The number of fused-ring (bicyclic) bond motifs is 3. The number of halogens is 1. The molecule has 6 nitrogen and oxygen atoms in total. The quantitative estimate of drug-likeness (QED) is 0.661. The first-order valence-corrected chi connectivity index (χ1v) is 13.5. The Morgan fingerprint density at radius 3 is 2.48 bits per heavy atom. The van der Waals surface area contributed by atoms with E-state index in [1.165, 1.54) is 12.0 Å². The molecule has 2 N–H and O–H groups in total. The molecule has 1 aromatic carbocycles. The minimum absolute atomic E-state index is 0.0633. The van der Waals surface area contributed by atoms with Gasteiger partial charge in [0.05, 0.1) is 33.4 Å². The summed E-state index contributed by atoms with van der Waals surface area (Å²) in [5.74, 6) is 3.15. The summed E-state index contributed by atoms with van der Waals surface area (Å²) in [6.07, 6.45) is 4.82. The predicted molar refractivity (Wildman–Crippen MR) is 132 cm³/mol. The summed E-state index contributed by atoms with van der Waals surface area (Å²) in [5.41, 5.74) is 1.93. The fourth-order valence-electron chi connectivity index (χ4n) is 6.23. The highest BCUT2D eigenvalue weighted by Crippen LogP contribution is 2.52. The van der Waals surface area contributed by atoms with Crippen LogP contribution in [0.1, 0.15) is 56.7 Å². The summed E-state index contributed by atoms with van der Waals surface area (Å²) in [7, 11) is -1.18. The van der Waals surface area contributed by atoms with Crippen molar-refractivity contribution in [3.05, 3.63) is 40.5 Å². The third kappa shape index (κ3) is 3.50. The Kier molecular flexibility index (Phi) is 5.06. The van der Waals surface area contributed by atoms with Crippen LogP contribution in [0.15, 0.2) is 29.2 Å². The van der Waals surface area contributed by atoms with Crippen LogP contribution in [-0.4, -0.2) is 49.3 Å². The molecule has 7 rings (SSSR count). The second kappa shape index (κ2) is 7.65. The summed E-state index contributed by atoms with van der Waals surface area (Å²) >= 11 is 6.10. The Balaban J connectivity index is 1.30. The molecule has 2 aliphatic carbocycles. The average molecular weight is 487 g/mol. The lowest BCUT2D eigenvalue weighted by Gasteiger charge is -2.54. The van der Waals surface area contributed by atoms with E-state index in [1.807, 2.05) is 26.0 Å². The smallest absolute Gasteiger partial charge is 0.227 e. The molecule has 3 aliphatic heterocycles. The largest absolute Gasteiger partial charge is 0.394 e. The highest BCUT2D eigenvalue weighted by molar-refractivity contribution is 7.87. The van der Waals surface area contributed by atoms with Crippen molar-refractivity contribution in [1.82, 2.24) is 9.97 Å². The summed E-state index contributed by atoms with van der Waals surface area (Å²) in [6, 6.07) is 8.31. The molecule has 0 spiro atoms.